The first kappa shape index (κ1) is 16.5. The lowest BCUT2D eigenvalue weighted by molar-refractivity contribution is 0.0992. The molecule has 1 aromatic heterocycles. The second-order valence-corrected chi connectivity index (χ2v) is 6.50. The first-order valence-corrected chi connectivity index (χ1v) is 8.21. The molecule has 120 valence electrons. The van der Waals surface area contributed by atoms with E-state index < -0.39 is 0 Å². The number of likely N-dealkylation sites (tertiary alicyclic amines) is 1. The van der Waals surface area contributed by atoms with E-state index in [1.165, 1.54) is 50.9 Å². The van der Waals surface area contributed by atoms with E-state index in [2.05, 4.69) is 35.1 Å². The van der Waals surface area contributed by atoms with Gasteiger partial charge < -0.3 is 10.6 Å². The molecule has 1 unspecified atom stereocenters. The SMILES string of the molecule is CCCN1CCCC(CN)(N(C)Cc2cnn(C)c2)CC1. The van der Waals surface area contributed by atoms with Crippen molar-refractivity contribution in [3.8, 4) is 0 Å². The van der Waals surface area contributed by atoms with Crippen LogP contribution in [-0.2, 0) is 13.6 Å². The van der Waals surface area contributed by atoms with E-state index in [-0.39, 0.29) is 5.54 Å². The maximum Gasteiger partial charge on any atom is 0.0534 e. The molecule has 0 aliphatic carbocycles. The van der Waals surface area contributed by atoms with Crippen molar-refractivity contribution in [2.45, 2.75) is 44.7 Å². The van der Waals surface area contributed by atoms with Crippen molar-refractivity contribution >= 4 is 0 Å². The minimum atomic E-state index is 0.137. The predicted molar refractivity (Wildman–Crippen MR) is 87.0 cm³/mol. The van der Waals surface area contributed by atoms with Crippen LogP contribution in [0, 0.1) is 0 Å². The second kappa shape index (κ2) is 7.38. The van der Waals surface area contributed by atoms with Gasteiger partial charge in [0, 0.05) is 37.4 Å². The van der Waals surface area contributed by atoms with E-state index in [1.54, 1.807) is 0 Å². The zero-order valence-corrected chi connectivity index (χ0v) is 13.9. The van der Waals surface area contributed by atoms with Crippen molar-refractivity contribution < 1.29 is 0 Å². The Morgan fingerprint density at radius 2 is 2.19 bits per heavy atom. The number of likely N-dealkylation sites (N-methyl/N-ethyl adjacent to an activating group) is 1. The van der Waals surface area contributed by atoms with Gasteiger partial charge in [-0.2, -0.15) is 5.10 Å². The largest absolute Gasteiger partial charge is 0.329 e. The third-order valence-corrected chi connectivity index (χ3v) is 4.92. The topological polar surface area (TPSA) is 50.3 Å². The summed E-state index contributed by atoms with van der Waals surface area (Å²) in [6, 6.07) is 0. The number of aryl methyl sites for hydroxylation is 1. The molecule has 21 heavy (non-hydrogen) atoms. The Balaban J connectivity index is 2.02. The van der Waals surface area contributed by atoms with Crippen LogP contribution in [-0.4, -0.2) is 58.3 Å². The number of aromatic nitrogens is 2. The lowest BCUT2D eigenvalue weighted by Gasteiger charge is -2.40. The molecule has 2 rings (SSSR count). The van der Waals surface area contributed by atoms with E-state index >= 15 is 0 Å². The Morgan fingerprint density at radius 3 is 2.81 bits per heavy atom. The number of nitrogens with two attached hydrogens (primary N) is 1. The molecule has 0 aromatic carbocycles. The van der Waals surface area contributed by atoms with Crippen molar-refractivity contribution in [3.63, 3.8) is 0 Å². The summed E-state index contributed by atoms with van der Waals surface area (Å²) in [4.78, 5) is 5.05. The van der Waals surface area contributed by atoms with E-state index in [4.69, 9.17) is 5.73 Å². The van der Waals surface area contributed by atoms with Crippen LogP contribution in [0.5, 0.6) is 0 Å². The number of hydrogen-bond donors (Lipinski definition) is 1. The highest BCUT2D eigenvalue weighted by atomic mass is 15.3. The molecule has 1 aromatic rings. The molecule has 5 nitrogen and oxygen atoms in total. The van der Waals surface area contributed by atoms with Gasteiger partial charge in [0.15, 0.2) is 0 Å². The highest BCUT2D eigenvalue weighted by molar-refractivity contribution is 5.05. The van der Waals surface area contributed by atoms with Gasteiger partial charge in [0.05, 0.1) is 6.20 Å². The fraction of sp³-hybridized carbons (Fsp3) is 0.812. The lowest BCUT2D eigenvalue weighted by atomic mass is 9.88. The van der Waals surface area contributed by atoms with Crippen molar-refractivity contribution in [1.82, 2.24) is 19.6 Å². The minimum absolute atomic E-state index is 0.137. The summed E-state index contributed by atoms with van der Waals surface area (Å²) >= 11 is 0. The van der Waals surface area contributed by atoms with Gasteiger partial charge in [0.2, 0.25) is 0 Å². The Hall–Kier alpha value is -0.910. The molecular formula is C16H31N5. The van der Waals surface area contributed by atoms with Gasteiger partial charge in [-0.3, -0.25) is 9.58 Å². The lowest BCUT2D eigenvalue weighted by Crippen LogP contribution is -2.52. The minimum Gasteiger partial charge on any atom is -0.329 e. The van der Waals surface area contributed by atoms with Gasteiger partial charge in [-0.25, -0.2) is 0 Å². The van der Waals surface area contributed by atoms with Gasteiger partial charge in [-0.1, -0.05) is 6.92 Å². The smallest absolute Gasteiger partial charge is 0.0534 e. The monoisotopic (exact) mass is 293 g/mol. The van der Waals surface area contributed by atoms with Gasteiger partial charge in [-0.15, -0.1) is 0 Å². The van der Waals surface area contributed by atoms with E-state index in [0.29, 0.717) is 0 Å². The average Bonchev–Trinajstić information content (AvgIpc) is 2.75. The Morgan fingerprint density at radius 1 is 1.38 bits per heavy atom. The number of hydrogen-bond acceptors (Lipinski definition) is 4. The molecule has 2 heterocycles. The summed E-state index contributed by atoms with van der Waals surface area (Å²) in [5, 5.41) is 4.27. The quantitative estimate of drug-likeness (QED) is 0.862. The maximum absolute atomic E-state index is 6.21. The van der Waals surface area contributed by atoms with Crippen LogP contribution in [0.2, 0.25) is 0 Å². The van der Waals surface area contributed by atoms with Crippen LogP contribution < -0.4 is 5.73 Å². The van der Waals surface area contributed by atoms with Gasteiger partial charge >= 0.3 is 0 Å². The molecule has 2 N–H and O–H groups in total. The highest BCUT2D eigenvalue weighted by Gasteiger charge is 2.35. The second-order valence-electron chi connectivity index (χ2n) is 6.50. The zero-order valence-electron chi connectivity index (χ0n) is 13.9. The summed E-state index contributed by atoms with van der Waals surface area (Å²) < 4.78 is 1.87. The standard InChI is InChI=1S/C16H31N5/c1-4-8-21-9-5-6-16(14-17,7-10-21)19(2)12-15-11-18-20(3)13-15/h11,13H,4-10,12,14,17H2,1-3H3. The predicted octanol–water partition coefficient (Wildman–Crippen LogP) is 1.45. The van der Waals surface area contributed by atoms with Crippen LogP contribution in [0.3, 0.4) is 0 Å². The summed E-state index contributed by atoms with van der Waals surface area (Å²) in [5.41, 5.74) is 7.61. The summed E-state index contributed by atoms with van der Waals surface area (Å²) in [6.45, 7) is 7.53. The van der Waals surface area contributed by atoms with E-state index in [9.17, 15) is 0 Å². The Bertz CT molecular complexity index is 430. The van der Waals surface area contributed by atoms with Crippen molar-refractivity contribution in [2.75, 3.05) is 33.2 Å². The van der Waals surface area contributed by atoms with Crippen molar-refractivity contribution in [3.05, 3.63) is 18.0 Å². The molecule has 1 aliphatic heterocycles. The molecule has 0 bridgehead atoms. The maximum atomic E-state index is 6.21. The first-order valence-electron chi connectivity index (χ1n) is 8.21. The molecular weight excluding hydrogens is 262 g/mol. The number of rotatable bonds is 6. The summed E-state index contributed by atoms with van der Waals surface area (Å²) in [5.74, 6) is 0. The third kappa shape index (κ3) is 4.05. The molecule has 0 saturated carbocycles. The van der Waals surface area contributed by atoms with Gasteiger partial charge in [-0.05, 0) is 52.4 Å². The van der Waals surface area contributed by atoms with Crippen LogP contribution in [0.1, 0.15) is 38.2 Å². The van der Waals surface area contributed by atoms with E-state index in [1.807, 2.05) is 17.9 Å². The van der Waals surface area contributed by atoms with E-state index in [0.717, 1.165) is 13.1 Å². The van der Waals surface area contributed by atoms with Crippen molar-refractivity contribution in [1.29, 1.82) is 0 Å². The Kier molecular flexibility index (Phi) is 5.79. The normalized spacial score (nSPS) is 24.4. The average molecular weight is 293 g/mol. The third-order valence-electron chi connectivity index (χ3n) is 4.92. The summed E-state index contributed by atoms with van der Waals surface area (Å²) in [7, 11) is 4.19. The zero-order chi connectivity index (χ0) is 15.3. The Labute approximate surface area is 129 Å². The first-order chi connectivity index (χ1) is 10.1. The molecule has 0 spiro atoms. The highest BCUT2D eigenvalue weighted by Crippen LogP contribution is 2.28. The molecule has 1 saturated heterocycles. The molecule has 0 radical (unpaired) electrons. The molecule has 1 fully saturated rings. The fourth-order valence-electron chi connectivity index (χ4n) is 3.51. The van der Waals surface area contributed by atoms with Crippen LogP contribution >= 0.6 is 0 Å². The number of nitrogens with zero attached hydrogens (tertiary/aromatic N) is 4. The van der Waals surface area contributed by atoms with Gasteiger partial charge in [0.25, 0.3) is 0 Å². The van der Waals surface area contributed by atoms with Crippen LogP contribution in [0.4, 0.5) is 0 Å². The van der Waals surface area contributed by atoms with Gasteiger partial charge in [0.1, 0.15) is 0 Å². The fourth-order valence-corrected chi connectivity index (χ4v) is 3.51. The molecule has 5 heteroatoms. The van der Waals surface area contributed by atoms with Crippen molar-refractivity contribution in [2.24, 2.45) is 12.8 Å². The van der Waals surface area contributed by atoms with Crippen LogP contribution in [0.15, 0.2) is 12.4 Å². The van der Waals surface area contributed by atoms with Crippen LogP contribution in [0.25, 0.3) is 0 Å². The molecule has 0 amide bonds. The molecule has 1 aliphatic rings. The summed E-state index contributed by atoms with van der Waals surface area (Å²) in [6.07, 6.45) is 8.90. The molecule has 1 atom stereocenters.